The molecule has 0 unspecified atom stereocenters. The Morgan fingerprint density at radius 2 is 2.00 bits per heavy atom. The molecular weight excluding hydrogens is 290 g/mol. The Balaban J connectivity index is 0.00000220. The molecule has 0 aliphatic heterocycles. The molecule has 0 heterocycles. The van der Waals surface area contributed by atoms with Gasteiger partial charge in [0.2, 0.25) is 5.91 Å². The van der Waals surface area contributed by atoms with Crippen molar-refractivity contribution in [2.24, 2.45) is 5.92 Å². The number of benzene rings is 1. The maximum atomic E-state index is 11.8. The number of halogens is 1. The quantitative estimate of drug-likeness (QED) is 0.749. The van der Waals surface area contributed by atoms with Gasteiger partial charge >= 0.3 is 0 Å². The average molecular weight is 312 g/mol. The van der Waals surface area contributed by atoms with Gasteiger partial charge in [-0.1, -0.05) is 6.07 Å². The Morgan fingerprint density at radius 3 is 2.62 bits per heavy atom. The van der Waals surface area contributed by atoms with Crippen LogP contribution in [-0.2, 0) is 4.79 Å². The molecule has 0 atom stereocenters. The van der Waals surface area contributed by atoms with Crippen LogP contribution in [0.4, 0.5) is 5.69 Å². The predicted molar refractivity (Wildman–Crippen MR) is 86.0 cm³/mol. The Morgan fingerprint density at radius 1 is 1.29 bits per heavy atom. The van der Waals surface area contributed by atoms with Crippen LogP contribution in [0.3, 0.4) is 0 Å². The second-order valence-electron chi connectivity index (χ2n) is 5.18. The molecule has 3 N–H and O–H groups in total. The van der Waals surface area contributed by atoms with Gasteiger partial charge in [0.15, 0.2) is 0 Å². The standard InChI is InChI=1S/C15H21N3O2.ClH/c1-10-12(15(20)16-2)4-3-5-13(10)18-14(19)9-17-8-11-6-7-11;/h3-5,11,17H,6-9H2,1-2H3,(H,16,20)(H,18,19);1H. The summed E-state index contributed by atoms with van der Waals surface area (Å²) in [7, 11) is 1.59. The molecule has 2 rings (SSSR count). The van der Waals surface area contributed by atoms with E-state index >= 15 is 0 Å². The fourth-order valence-electron chi connectivity index (χ4n) is 2.06. The summed E-state index contributed by atoms with van der Waals surface area (Å²) in [5.74, 6) is 0.523. The van der Waals surface area contributed by atoms with Gasteiger partial charge in [0, 0.05) is 18.3 Å². The van der Waals surface area contributed by atoms with Crippen molar-refractivity contribution < 1.29 is 9.59 Å². The lowest BCUT2D eigenvalue weighted by Gasteiger charge is -2.12. The average Bonchev–Trinajstić information content (AvgIpc) is 3.24. The lowest BCUT2D eigenvalue weighted by molar-refractivity contribution is -0.115. The topological polar surface area (TPSA) is 70.2 Å². The summed E-state index contributed by atoms with van der Waals surface area (Å²) in [6.07, 6.45) is 2.53. The third-order valence-corrected chi connectivity index (χ3v) is 3.50. The van der Waals surface area contributed by atoms with E-state index in [4.69, 9.17) is 0 Å². The summed E-state index contributed by atoms with van der Waals surface area (Å²) in [6.45, 7) is 3.04. The van der Waals surface area contributed by atoms with Crippen LogP contribution in [0, 0.1) is 12.8 Å². The second-order valence-corrected chi connectivity index (χ2v) is 5.18. The summed E-state index contributed by atoms with van der Waals surface area (Å²) < 4.78 is 0. The molecule has 6 heteroatoms. The van der Waals surface area contributed by atoms with E-state index in [1.165, 1.54) is 12.8 Å². The molecule has 1 aromatic carbocycles. The first kappa shape index (κ1) is 17.5. The minimum absolute atomic E-state index is 0. The first-order chi connectivity index (χ1) is 9.61. The van der Waals surface area contributed by atoms with Gasteiger partial charge in [0.25, 0.3) is 5.91 Å². The van der Waals surface area contributed by atoms with Crippen molar-refractivity contribution in [2.75, 3.05) is 25.5 Å². The molecule has 116 valence electrons. The molecule has 0 spiro atoms. The van der Waals surface area contributed by atoms with Gasteiger partial charge in [-0.2, -0.15) is 0 Å². The lowest BCUT2D eigenvalue weighted by Crippen LogP contribution is -2.30. The lowest BCUT2D eigenvalue weighted by atomic mass is 10.1. The van der Waals surface area contributed by atoms with Gasteiger partial charge in [-0.25, -0.2) is 0 Å². The number of nitrogens with one attached hydrogen (secondary N) is 3. The zero-order valence-electron chi connectivity index (χ0n) is 12.4. The highest BCUT2D eigenvalue weighted by Gasteiger charge is 2.20. The van der Waals surface area contributed by atoms with Crippen molar-refractivity contribution in [2.45, 2.75) is 19.8 Å². The summed E-state index contributed by atoms with van der Waals surface area (Å²) in [5.41, 5.74) is 2.04. The maximum absolute atomic E-state index is 11.8. The number of amides is 2. The number of rotatable bonds is 6. The van der Waals surface area contributed by atoms with Crippen LogP contribution in [0.1, 0.15) is 28.8 Å². The maximum Gasteiger partial charge on any atom is 0.251 e. The zero-order chi connectivity index (χ0) is 14.5. The van der Waals surface area contributed by atoms with Crippen molar-refractivity contribution in [1.82, 2.24) is 10.6 Å². The minimum Gasteiger partial charge on any atom is -0.355 e. The molecule has 5 nitrogen and oxygen atoms in total. The van der Waals surface area contributed by atoms with Gasteiger partial charge in [0.05, 0.1) is 6.54 Å². The highest BCUT2D eigenvalue weighted by Crippen LogP contribution is 2.27. The molecule has 0 radical (unpaired) electrons. The van der Waals surface area contributed by atoms with E-state index in [0.717, 1.165) is 18.0 Å². The van der Waals surface area contributed by atoms with Crippen LogP contribution in [-0.4, -0.2) is 32.0 Å². The van der Waals surface area contributed by atoms with E-state index in [2.05, 4.69) is 16.0 Å². The van der Waals surface area contributed by atoms with Crippen LogP contribution in [0.15, 0.2) is 18.2 Å². The van der Waals surface area contributed by atoms with Gasteiger partial charge in [-0.15, -0.1) is 12.4 Å². The van der Waals surface area contributed by atoms with Crippen molar-refractivity contribution in [3.63, 3.8) is 0 Å². The summed E-state index contributed by atoms with van der Waals surface area (Å²) in [4.78, 5) is 23.5. The summed E-state index contributed by atoms with van der Waals surface area (Å²) >= 11 is 0. The van der Waals surface area contributed by atoms with Crippen molar-refractivity contribution in [1.29, 1.82) is 0 Å². The first-order valence-electron chi connectivity index (χ1n) is 6.94. The van der Waals surface area contributed by atoms with Crippen LogP contribution in [0.2, 0.25) is 0 Å². The molecule has 0 aromatic heterocycles. The van der Waals surface area contributed by atoms with Crippen molar-refractivity contribution in [3.05, 3.63) is 29.3 Å². The highest BCUT2D eigenvalue weighted by molar-refractivity contribution is 5.99. The third kappa shape index (κ3) is 5.02. The van der Waals surface area contributed by atoms with Crippen molar-refractivity contribution >= 4 is 29.9 Å². The fourth-order valence-corrected chi connectivity index (χ4v) is 2.06. The fraction of sp³-hybridized carbons (Fsp3) is 0.467. The largest absolute Gasteiger partial charge is 0.355 e. The number of hydrogen-bond acceptors (Lipinski definition) is 3. The Hall–Kier alpha value is -1.59. The van der Waals surface area contributed by atoms with E-state index in [0.29, 0.717) is 17.8 Å². The number of carbonyl (C=O) groups excluding carboxylic acids is 2. The van der Waals surface area contributed by atoms with Crippen LogP contribution in [0.5, 0.6) is 0 Å². The van der Waals surface area contributed by atoms with Crippen LogP contribution >= 0.6 is 12.4 Å². The molecule has 1 aliphatic rings. The summed E-state index contributed by atoms with van der Waals surface area (Å²) in [5, 5.41) is 8.58. The molecule has 21 heavy (non-hydrogen) atoms. The second kappa shape index (κ2) is 8.00. The van der Waals surface area contributed by atoms with Gasteiger partial charge in [-0.05, 0) is 49.9 Å². The van der Waals surface area contributed by atoms with E-state index < -0.39 is 0 Å². The molecule has 1 fully saturated rings. The molecule has 1 aliphatic carbocycles. The van der Waals surface area contributed by atoms with Crippen LogP contribution < -0.4 is 16.0 Å². The monoisotopic (exact) mass is 311 g/mol. The molecule has 1 saturated carbocycles. The van der Waals surface area contributed by atoms with Crippen LogP contribution in [0.25, 0.3) is 0 Å². The Bertz CT molecular complexity index is 516. The highest BCUT2D eigenvalue weighted by atomic mass is 35.5. The number of anilines is 1. The van der Waals surface area contributed by atoms with Gasteiger partial charge in [-0.3, -0.25) is 9.59 Å². The minimum atomic E-state index is -0.148. The number of hydrogen-bond donors (Lipinski definition) is 3. The van der Waals surface area contributed by atoms with Crippen molar-refractivity contribution in [3.8, 4) is 0 Å². The van der Waals surface area contributed by atoms with Gasteiger partial charge < -0.3 is 16.0 Å². The van der Waals surface area contributed by atoms with Gasteiger partial charge in [0.1, 0.15) is 0 Å². The Kier molecular flexibility index (Phi) is 6.65. The zero-order valence-corrected chi connectivity index (χ0v) is 13.2. The SMILES string of the molecule is CNC(=O)c1cccc(NC(=O)CNCC2CC2)c1C.Cl. The molecule has 0 saturated heterocycles. The number of carbonyl (C=O) groups is 2. The smallest absolute Gasteiger partial charge is 0.251 e. The predicted octanol–water partition coefficient (Wildman–Crippen LogP) is 1.71. The molecule has 2 amide bonds. The summed E-state index contributed by atoms with van der Waals surface area (Å²) in [6, 6.07) is 5.32. The third-order valence-electron chi connectivity index (χ3n) is 3.50. The molecule has 1 aromatic rings. The normalized spacial score (nSPS) is 13.2. The van der Waals surface area contributed by atoms with E-state index in [1.54, 1.807) is 25.2 Å². The molecule has 0 bridgehead atoms. The van der Waals surface area contributed by atoms with E-state index in [-0.39, 0.29) is 24.2 Å². The first-order valence-corrected chi connectivity index (χ1v) is 6.94. The molecular formula is C15H22ClN3O2. The van der Waals surface area contributed by atoms with E-state index in [9.17, 15) is 9.59 Å². The Labute approximate surface area is 131 Å². The van der Waals surface area contributed by atoms with E-state index in [1.807, 2.05) is 6.92 Å².